The van der Waals surface area contributed by atoms with Crippen LogP contribution in [-0.2, 0) is 4.74 Å². The molecule has 1 aliphatic heterocycles. The summed E-state index contributed by atoms with van der Waals surface area (Å²) < 4.78 is 20.8. The zero-order valence-electron chi connectivity index (χ0n) is 17.0. The average Bonchev–Trinajstić information content (AvgIpc) is 3.45. The molecular weight excluding hydrogens is 395 g/mol. The minimum absolute atomic E-state index is 0.283. The van der Waals surface area contributed by atoms with Crippen molar-refractivity contribution in [1.82, 2.24) is 14.4 Å². The second kappa shape index (κ2) is 7.92. The molecule has 1 atom stereocenters. The lowest BCUT2D eigenvalue weighted by Crippen LogP contribution is -2.14. The van der Waals surface area contributed by atoms with Crippen LogP contribution in [0, 0.1) is 12.7 Å². The van der Waals surface area contributed by atoms with E-state index in [9.17, 15) is 9.18 Å². The number of fused-ring (bicyclic) bond motifs is 1. The Morgan fingerprint density at radius 2 is 2.03 bits per heavy atom. The molecule has 7 heteroatoms. The van der Waals surface area contributed by atoms with E-state index in [4.69, 9.17) is 4.74 Å². The maximum absolute atomic E-state index is 13.1. The number of amides is 1. The lowest BCUT2D eigenvalue weighted by molar-refractivity contribution is 0.102. The normalized spacial score (nSPS) is 16.0. The molecule has 156 valence electrons. The first-order chi connectivity index (χ1) is 15.1. The van der Waals surface area contributed by atoms with Gasteiger partial charge in [0.15, 0.2) is 0 Å². The SMILES string of the molecule is Cc1ncc(-c2cccn3c(C4CCOC4)ncc23)cc1C(=O)Nc1ccc(F)cc1. The van der Waals surface area contributed by atoms with Gasteiger partial charge in [-0.3, -0.25) is 9.78 Å². The lowest BCUT2D eigenvalue weighted by atomic mass is 10.0. The minimum atomic E-state index is -0.352. The number of hydrogen-bond donors (Lipinski definition) is 1. The van der Waals surface area contributed by atoms with Gasteiger partial charge < -0.3 is 14.5 Å². The predicted molar refractivity (Wildman–Crippen MR) is 116 cm³/mol. The number of ether oxygens (including phenoxy) is 1. The maximum atomic E-state index is 13.1. The molecule has 1 fully saturated rings. The third-order valence-corrected chi connectivity index (χ3v) is 5.64. The molecule has 1 amide bonds. The number of aryl methyl sites for hydroxylation is 1. The molecule has 0 spiro atoms. The van der Waals surface area contributed by atoms with Crippen LogP contribution in [0.3, 0.4) is 0 Å². The standard InChI is InChI=1S/C24H21FN4O2/c1-15-21(24(30)28-19-6-4-18(25)5-7-19)11-17(12-26-15)20-3-2-9-29-22(20)13-27-23(29)16-8-10-31-14-16/h2-7,9,11-13,16H,8,10,14H2,1H3,(H,28,30). The summed E-state index contributed by atoms with van der Waals surface area (Å²) in [7, 11) is 0. The van der Waals surface area contributed by atoms with Crippen LogP contribution in [-0.4, -0.2) is 33.5 Å². The van der Waals surface area contributed by atoms with Gasteiger partial charge >= 0.3 is 0 Å². The molecule has 1 aromatic carbocycles. The van der Waals surface area contributed by atoms with Crippen molar-refractivity contribution in [3.8, 4) is 11.1 Å². The topological polar surface area (TPSA) is 68.5 Å². The van der Waals surface area contributed by atoms with Crippen LogP contribution in [0.1, 0.15) is 34.2 Å². The molecule has 1 saturated heterocycles. The van der Waals surface area contributed by atoms with Crippen molar-refractivity contribution in [2.45, 2.75) is 19.3 Å². The molecule has 1 unspecified atom stereocenters. The van der Waals surface area contributed by atoms with Crippen LogP contribution in [0.4, 0.5) is 10.1 Å². The summed E-state index contributed by atoms with van der Waals surface area (Å²) >= 11 is 0. The molecule has 4 aromatic rings. The molecular formula is C24H21FN4O2. The van der Waals surface area contributed by atoms with E-state index in [1.807, 2.05) is 30.6 Å². The Bertz CT molecular complexity index is 1260. The molecule has 1 aliphatic rings. The number of aromatic nitrogens is 3. The largest absolute Gasteiger partial charge is 0.381 e. The molecule has 4 heterocycles. The molecule has 0 saturated carbocycles. The van der Waals surface area contributed by atoms with Gasteiger partial charge in [-0.25, -0.2) is 9.37 Å². The summed E-state index contributed by atoms with van der Waals surface area (Å²) in [6, 6.07) is 11.5. The molecule has 0 radical (unpaired) electrons. The number of carbonyl (C=O) groups is 1. The monoisotopic (exact) mass is 416 g/mol. The van der Waals surface area contributed by atoms with Crippen LogP contribution >= 0.6 is 0 Å². The molecule has 0 aliphatic carbocycles. The molecule has 1 N–H and O–H groups in total. The van der Waals surface area contributed by atoms with Gasteiger partial charge in [0.1, 0.15) is 11.6 Å². The maximum Gasteiger partial charge on any atom is 0.257 e. The zero-order chi connectivity index (χ0) is 21.4. The van der Waals surface area contributed by atoms with Gasteiger partial charge in [-0.15, -0.1) is 0 Å². The fraction of sp³-hybridized carbons (Fsp3) is 0.208. The Kier molecular flexibility index (Phi) is 4.95. The van der Waals surface area contributed by atoms with E-state index < -0.39 is 0 Å². The van der Waals surface area contributed by atoms with Crippen LogP contribution < -0.4 is 5.32 Å². The van der Waals surface area contributed by atoms with Crippen LogP contribution in [0.15, 0.2) is 61.1 Å². The predicted octanol–water partition coefficient (Wildman–Crippen LogP) is 4.60. The third kappa shape index (κ3) is 3.68. The number of anilines is 1. The summed E-state index contributed by atoms with van der Waals surface area (Å²) in [5.74, 6) is 0.632. The number of imidazole rings is 1. The molecule has 0 bridgehead atoms. The number of nitrogens with zero attached hydrogens (tertiary/aromatic N) is 3. The minimum Gasteiger partial charge on any atom is -0.381 e. The summed E-state index contributed by atoms with van der Waals surface area (Å²) in [4.78, 5) is 22.0. The second-order valence-corrected chi connectivity index (χ2v) is 7.67. The number of halogens is 1. The van der Waals surface area contributed by atoms with Gasteiger partial charge in [-0.2, -0.15) is 0 Å². The van der Waals surface area contributed by atoms with Crippen LogP contribution in [0.5, 0.6) is 0 Å². The van der Waals surface area contributed by atoms with Crippen molar-refractivity contribution >= 4 is 17.1 Å². The van der Waals surface area contributed by atoms with Gasteiger partial charge in [0, 0.05) is 41.7 Å². The van der Waals surface area contributed by atoms with E-state index in [-0.39, 0.29) is 17.6 Å². The number of nitrogens with one attached hydrogen (secondary N) is 1. The Labute approximate surface area is 178 Å². The van der Waals surface area contributed by atoms with Crippen molar-refractivity contribution in [3.63, 3.8) is 0 Å². The zero-order valence-corrected chi connectivity index (χ0v) is 17.0. The number of rotatable bonds is 4. The number of carbonyl (C=O) groups excluding carboxylic acids is 1. The van der Waals surface area contributed by atoms with E-state index in [1.54, 1.807) is 13.1 Å². The highest BCUT2D eigenvalue weighted by Crippen LogP contribution is 2.30. The Hall–Kier alpha value is -3.58. The fourth-order valence-corrected chi connectivity index (χ4v) is 3.97. The van der Waals surface area contributed by atoms with Gasteiger partial charge in [0.25, 0.3) is 5.91 Å². The van der Waals surface area contributed by atoms with E-state index in [1.165, 1.54) is 24.3 Å². The Morgan fingerprint density at radius 3 is 2.81 bits per heavy atom. The first-order valence-corrected chi connectivity index (χ1v) is 10.2. The lowest BCUT2D eigenvalue weighted by Gasteiger charge is -2.11. The second-order valence-electron chi connectivity index (χ2n) is 7.67. The van der Waals surface area contributed by atoms with Gasteiger partial charge in [-0.1, -0.05) is 6.07 Å². The quantitative estimate of drug-likeness (QED) is 0.528. The number of benzene rings is 1. The summed E-state index contributed by atoms with van der Waals surface area (Å²) in [5.41, 5.74) is 4.34. The van der Waals surface area contributed by atoms with Crippen molar-refractivity contribution in [2.75, 3.05) is 18.5 Å². The Morgan fingerprint density at radius 1 is 1.19 bits per heavy atom. The van der Waals surface area contributed by atoms with Gasteiger partial charge in [-0.05, 0) is 49.7 Å². The highest BCUT2D eigenvalue weighted by Gasteiger charge is 2.23. The summed E-state index contributed by atoms with van der Waals surface area (Å²) in [6.45, 7) is 3.23. The average molecular weight is 416 g/mol. The summed E-state index contributed by atoms with van der Waals surface area (Å²) in [5, 5.41) is 2.81. The van der Waals surface area contributed by atoms with E-state index in [0.29, 0.717) is 23.6 Å². The summed E-state index contributed by atoms with van der Waals surface area (Å²) in [6.07, 6.45) is 6.60. The Balaban J connectivity index is 1.50. The van der Waals surface area contributed by atoms with Crippen molar-refractivity contribution in [1.29, 1.82) is 0 Å². The van der Waals surface area contributed by atoms with Crippen LogP contribution in [0.2, 0.25) is 0 Å². The van der Waals surface area contributed by atoms with Crippen molar-refractivity contribution in [2.24, 2.45) is 0 Å². The molecule has 6 nitrogen and oxygen atoms in total. The fourth-order valence-electron chi connectivity index (χ4n) is 3.97. The smallest absolute Gasteiger partial charge is 0.257 e. The van der Waals surface area contributed by atoms with E-state index in [0.717, 1.165) is 35.5 Å². The van der Waals surface area contributed by atoms with Gasteiger partial charge in [0.2, 0.25) is 0 Å². The highest BCUT2D eigenvalue weighted by molar-refractivity contribution is 6.05. The number of hydrogen-bond acceptors (Lipinski definition) is 4. The van der Waals surface area contributed by atoms with E-state index in [2.05, 4.69) is 19.7 Å². The van der Waals surface area contributed by atoms with E-state index >= 15 is 0 Å². The first kappa shape index (κ1) is 19.4. The third-order valence-electron chi connectivity index (χ3n) is 5.64. The van der Waals surface area contributed by atoms with Crippen molar-refractivity contribution < 1.29 is 13.9 Å². The number of pyridine rings is 2. The van der Waals surface area contributed by atoms with Gasteiger partial charge in [0.05, 0.1) is 29.6 Å². The molecule has 3 aromatic heterocycles. The molecule has 5 rings (SSSR count). The first-order valence-electron chi connectivity index (χ1n) is 10.2. The van der Waals surface area contributed by atoms with Crippen molar-refractivity contribution in [3.05, 3.63) is 84.0 Å². The van der Waals surface area contributed by atoms with Crippen LogP contribution in [0.25, 0.3) is 16.6 Å². The molecule has 31 heavy (non-hydrogen) atoms. The highest BCUT2D eigenvalue weighted by atomic mass is 19.1.